The zero-order valence-electron chi connectivity index (χ0n) is 15.5. The highest BCUT2D eigenvalue weighted by molar-refractivity contribution is 9.10. The number of halogens is 4. The molecule has 0 aliphatic carbocycles. The molecule has 0 saturated heterocycles. The molecule has 0 saturated carbocycles. The molecule has 11 heteroatoms. The smallest absolute Gasteiger partial charge is 0.405 e. The minimum atomic E-state index is -4.86. The van der Waals surface area contributed by atoms with Crippen molar-refractivity contribution in [3.8, 4) is 5.75 Å². The molecule has 0 spiro atoms. The predicted octanol–water partition coefficient (Wildman–Crippen LogP) is 3.63. The Morgan fingerprint density at radius 3 is 2.24 bits per heavy atom. The standard InChI is InChI=1S/C18H18BrF3N2O4S/c1-23(11-13-5-3-4-6-16(13)28-18(20,21)22)17(25)12-24(2)29(26,27)15-9-7-14(19)8-10-15/h3-10H,11-12H2,1-2H3. The van der Waals surface area contributed by atoms with Gasteiger partial charge >= 0.3 is 6.36 Å². The van der Waals surface area contributed by atoms with Crippen LogP contribution >= 0.6 is 15.9 Å². The zero-order chi connectivity index (χ0) is 21.8. The highest BCUT2D eigenvalue weighted by atomic mass is 79.9. The van der Waals surface area contributed by atoms with Crippen LogP contribution in [0, 0.1) is 0 Å². The summed E-state index contributed by atoms with van der Waals surface area (Å²) in [7, 11) is -1.28. The minimum absolute atomic E-state index is 0.0163. The predicted molar refractivity (Wildman–Crippen MR) is 104 cm³/mol. The molecule has 1 amide bonds. The molecule has 0 bridgehead atoms. The fourth-order valence-electron chi connectivity index (χ4n) is 2.39. The van der Waals surface area contributed by atoms with Crippen molar-refractivity contribution >= 4 is 31.9 Å². The molecule has 29 heavy (non-hydrogen) atoms. The first kappa shape index (κ1) is 23.2. The van der Waals surface area contributed by atoms with E-state index in [1.54, 1.807) is 12.1 Å². The third-order valence-electron chi connectivity index (χ3n) is 3.91. The second kappa shape index (κ2) is 9.14. The molecule has 2 rings (SSSR count). The summed E-state index contributed by atoms with van der Waals surface area (Å²) >= 11 is 3.21. The number of para-hydroxylation sites is 1. The van der Waals surface area contributed by atoms with Crippen LogP contribution in [-0.2, 0) is 21.4 Å². The quantitative estimate of drug-likeness (QED) is 0.589. The maximum Gasteiger partial charge on any atom is 0.573 e. The molecule has 0 N–H and O–H groups in total. The van der Waals surface area contributed by atoms with Gasteiger partial charge in [-0.05, 0) is 30.3 Å². The highest BCUT2D eigenvalue weighted by Gasteiger charge is 2.32. The molecule has 0 fully saturated rings. The number of alkyl halides is 3. The Bertz CT molecular complexity index is 966. The van der Waals surface area contributed by atoms with Crippen LogP contribution in [0.3, 0.4) is 0 Å². The van der Waals surface area contributed by atoms with Gasteiger partial charge in [0.25, 0.3) is 0 Å². The summed E-state index contributed by atoms with van der Waals surface area (Å²) in [6, 6.07) is 11.4. The van der Waals surface area contributed by atoms with Crippen molar-refractivity contribution in [3.05, 3.63) is 58.6 Å². The molecule has 2 aromatic carbocycles. The number of carbonyl (C=O) groups excluding carboxylic acids is 1. The second-order valence-corrected chi connectivity index (χ2v) is 9.08. The molecule has 0 radical (unpaired) electrons. The van der Waals surface area contributed by atoms with Crippen molar-refractivity contribution < 1.29 is 31.1 Å². The van der Waals surface area contributed by atoms with Crippen LogP contribution in [0.25, 0.3) is 0 Å². The number of rotatable bonds is 7. The molecule has 6 nitrogen and oxygen atoms in total. The van der Waals surface area contributed by atoms with E-state index in [1.165, 1.54) is 44.4 Å². The van der Waals surface area contributed by atoms with Crippen LogP contribution in [0.4, 0.5) is 13.2 Å². The van der Waals surface area contributed by atoms with E-state index in [4.69, 9.17) is 0 Å². The van der Waals surface area contributed by atoms with Gasteiger partial charge in [0.2, 0.25) is 15.9 Å². The summed E-state index contributed by atoms with van der Waals surface area (Å²) in [5.74, 6) is -1.01. The van der Waals surface area contributed by atoms with Gasteiger partial charge in [0.05, 0.1) is 11.4 Å². The van der Waals surface area contributed by atoms with E-state index in [2.05, 4.69) is 20.7 Å². The highest BCUT2D eigenvalue weighted by Crippen LogP contribution is 2.27. The van der Waals surface area contributed by atoms with E-state index in [0.717, 1.165) is 15.3 Å². The normalized spacial score (nSPS) is 12.1. The van der Waals surface area contributed by atoms with Crippen LogP contribution < -0.4 is 4.74 Å². The molecular weight excluding hydrogens is 477 g/mol. The Labute approximate surface area is 175 Å². The van der Waals surface area contributed by atoms with Crippen molar-refractivity contribution in [2.75, 3.05) is 20.6 Å². The number of hydrogen-bond acceptors (Lipinski definition) is 4. The average Bonchev–Trinajstić information content (AvgIpc) is 2.62. The fraction of sp³-hybridized carbons (Fsp3) is 0.278. The Kier molecular flexibility index (Phi) is 7.30. The van der Waals surface area contributed by atoms with Gasteiger partial charge < -0.3 is 9.64 Å². The first-order valence-electron chi connectivity index (χ1n) is 8.19. The van der Waals surface area contributed by atoms with Crippen molar-refractivity contribution in [1.29, 1.82) is 0 Å². The largest absolute Gasteiger partial charge is 0.573 e. The lowest BCUT2D eigenvalue weighted by Gasteiger charge is -2.23. The molecule has 0 unspecified atom stereocenters. The monoisotopic (exact) mass is 494 g/mol. The number of amides is 1. The van der Waals surface area contributed by atoms with Crippen LogP contribution in [0.1, 0.15) is 5.56 Å². The third kappa shape index (κ3) is 6.44. The average molecular weight is 495 g/mol. The summed E-state index contributed by atoms with van der Waals surface area (Å²) in [5, 5.41) is 0. The number of carbonyl (C=O) groups is 1. The Balaban J connectivity index is 2.08. The lowest BCUT2D eigenvalue weighted by atomic mass is 10.2. The van der Waals surface area contributed by atoms with Gasteiger partial charge in [0.15, 0.2) is 0 Å². The summed E-state index contributed by atoms with van der Waals surface area (Å²) < 4.78 is 68.3. The summed E-state index contributed by atoms with van der Waals surface area (Å²) in [5.41, 5.74) is 0.138. The van der Waals surface area contributed by atoms with Crippen molar-refractivity contribution in [2.45, 2.75) is 17.8 Å². The zero-order valence-corrected chi connectivity index (χ0v) is 17.9. The minimum Gasteiger partial charge on any atom is -0.405 e. The SMILES string of the molecule is CN(Cc1ccccc1OC(F)(F)F)C(=O)CN(C)S(=O)(=O)c1ccc(Br)cc1. The van der Waals surface area contributed by atoms with Crippen LogP contribution in [-0.4, -0.2) is 50.5 Å². The van der Waals surface area contributed by atoms with Gasteiger partial charge in [0.1, 0.15) is 5.75 Å². The van der Waals surface area contributed by atoms with Gasteiger partial charge in [-0.3, -0.25) is 4.79 Å². The maximum absolute atomic E-state index is 12.6. The first-order valence-corrected chi connectivity index (χ1v) is 10.4. The molecular formula is C18H18BrF3N2O4S. The van der Waals surface area contributed by atoms with Crippen molar-refractivity contribution in [2.24, 2.45) is 0 Å². The van der Waals surface area contributed by atoms with E-state index >= 15 is 0 Å². The van der Waals surface area contributed by atoms with Crippen LogP contribution in [0.15, 0.2) is 57.9 Å². The molecule has 0 aromatic heterocycles. The number of hydrogen-bond donors (Lipinski definition) is 0. The maximum atomic E-state index is 12.6. The van der Waals surface area contributed by atoms with E-state index in [9.17, 15) is 26.4 Å². The Morgan fingerprint density at radius 2 is 1.66 bits per heavy atom. The molecule has 2 aromatic rings. The van der Waals surface area contributed by atoms with Gasteiger partial charge in [-0.2, -0.15) is 4.31 Å². The molecule has 0 aliphatic rings. The van der Waals surface area contributed by atoms with Gasteiger partial charge in [-0.25, -0.2) is 8.42 Å². The van der Waals surface area contributed by atoms with Crippen molar-refractivity contribution in [1.82, 2.24) is 9.21 Å². The number of benzene rings is 2. The lowest BCUT2D eigenvalue weighted by Crippen LogP contribution is -2.39. The van der Waals surface area contributed by atoms with Gasteiger partial charge in [0, 0.05) is 30.7 Å². The van der Waals surface area contributed by atoms with E-state index in [1.807, 2.05) is 0 Å². The Morgan fingerprint density at radius 1 is 1.07 bits per heavy atom. The van der Waals surface area contributed by atoms with E-state index < -0.39 is 34.6 Å². The number of likely N-dealkylation sites (N-methyl/N-ethyl adjacent to an activating group) is 2. The fourth-order valence-corrected chi connectivity index (χ4v) is 3.77. The second-order valence-electron chi connectivity index (χ2n) is 6.12. The molecule has 0 atom stereocenters. The van der Waals surface area contributed by atoms with E-state index in [-0.39, 0.29) is 17.0 Å². The number of sulfonamides is 1. The molecule has 0 heterocycles. The van der Waals surface area contributed by atoms with Crippen molar-refractivity contribution in [3.63, 3.8) is 0 Å². The summed E-state index contributed by atoms with van der Waals surface area (Å²) in [6.45, 7) is -0.658. The van der Waals surface area contributed by atoms with Gasteiger partial charge in [-0.15, -0.1) is 13.2 Å². The molecule has 0 aliphatic heterocycles. The van der Waals surface area contributed by atoms with Crippen LogP contribution in [0.5, 0.6) is 5.75 Å². The van der Waals surface area contributed by atoms with E-state index in [0.29, 0.717) is 4.47 Å². The topological polar surface area (TPSA) is 66.9 Å². The van der Waals surface area contributed by atoms with Gasteiger partial charge in [-0.1, -0.05) is 34.1 Å². The molecule has 158 valence electrons. The number of ether oxygens (including phenoxy) is 1. The summed E-state index contributed by atoms with van der Waals surface area (Å²) in [4.78, 5) is 13.6. The number of nitrogens with zero attached hydrogens (tertiary/aromatic N) is 2. The lowest BCUT2D eigenvalue weighted by molar-refractivity contribution is -0.275. The Hall–Kier alpha value is -2.11. The first-order chi connectivity index (χ1) is 13.4. The summed E-state index contributed by atoms with van der Waals surface area (Å²) in [6.07, 6.45) is -4.86. The third-order valence-corrected chi connectivity index (χ3v) is 6.26. The van der Waals surface area contributed by atoms with Crippen LogP contribution in [0.2, 0.25) is 0 Å².